The first-order valence-corrected chi connectivity index (χ1v) is 8.20. The van der Waals surface area contributed by atoms with Crippen molar-refractivity contribution in [2.45, 2.75) is 38.9 Å². The van der Waals surface area contributed by atoms with Gasteiger partial charge in [0.15, 0.2) is 0 Å². The van der Waals surface area contributed by atoms with E-state index in [-0.39, 0.29) is 5.15 Å². The van der Waals surface area contributed by atoms with Gasteiger partial charge in [0.1, 0.15) is 5.15 Å². The minimum absolute atomic E-state index is 0.0396. The number of nitrogens with zero attached hydrogens (tertiary/aromatic N) is 3. The number of halogens is 1. The Kier molecular flexibility index (Phi) is 3.95. The van der Waals surface area contributed by atoms with Gasteiger partial charge in [-0.15, -0.1) is 4.09 Å². The molecule has 118 valence electrons. The Bertz CT molecular complexity index is 640. The summed E-state index contributed by atoms with van der Waals surface area (Å²) in [7, 11) is -1.72. The van der Waals surface area contributed by atoms with Crippen LogP contribution in [0.1, 0.15) is 27.7 Å². The van der Waals surface area contributed by atoms with Gasteiger partial charge in [0.05, 0.1) is 17.4 Å². The van der Waals surface area contributed by atoms with E-state index in [4.69, 9.17) is 20.9 Å². The first kappa shape index (κ1) is 16.8. The average molecular weight is 336 g/mol. The van der Waals surface area contributed by atoms with Gasteiger partial charge in [0.2, 0.25) is 0 Å². The molecule has 1 fully saturated rings. The predicted octanol–water partition coefficient (Wildman–Crippen LogP) is 0.490. The Morgan fingerprint density at radius 2 is 1.71 bits per heavy atom. The molecule has 2 heterocycles. The number of hydrogen-bond acceptors (Lipinski definition) is 5. The molecule has 1 aliphatic rings. The van der Waals surface area contributed by atoms with Crippen LogP contribution in [0.25, 0.3) is 0 Å². The van der Waals surface area contributed by atoms with Crippen LogP contribution < -0.4 is 5.46 Å². The van der Waals surface area contributed by atoms with Gasteiger partial charge in [-0.3, -0.25) is 0 Å². The second-order valence-electron chi connectivity index (χ2n) is 6.11. The SMILES string of the molecule is CN(C)S(=O)(=O)n1ncc(B2OC(C)(C)C(C)(C)O2)c1Cl. The molecule has 2 rings (SSSR count). The molecular formula is C11H19BClN3O4S. The highest BCUT2D eigenvalue weighted by Crippen LogP contribution is 2.37. The summed E-state index contributed by atoms with van der Waals surface area (Å²) in [6.07, 6.45) is 1.35. The number of hydrogen-bond donors (Lipinski definition) is 0. The number of aromatic nitrogens is 2. The van der Waals surface area contributed by atoms with Crippen molar-refractivity contribution in [3.8, 4) is 0 Å². The summed E-state index contributed by atoms with van der Waals surface area (Å²) in [4.78, 5) is 0. The van der Waals surface area contributed by atoms with Crippen molar-refractivity contribution in [1.82, 2.24) is 13.5 Å². The molecule has 0 atom stereocenters. The van der Waals surface area contributed by atoms with Crippen LogP contribution in [-0.4, -0.2) is 54.3 Å². The maximum atomic E-state index is 12.1. The second-order valence-corrected chi connectivity index (χ2v) is 8.44. The molecule has 0 spiro atoms. The minimum Gasteiger partial charge on any atom is -0.399 e. The van der Waals surface area contributed by atoms with Gasteiger partial charge in [0.25, 0.3) is 0 Å². The third-order valence-electron chi connectivity index (χ3n) is 3.90. The van der Waals surface area contributed by atoms with E-state index in [1.54, 1.807) is 0 Å². The summed E-state index contributed by atoms with van der Waals surface area (Å²) in [5, 5.41) is 3.80. The zero-order valence-electron chi connectivity index (χ0n) is 12.9. The third-order valence-corrected chi connectivity index (χ3v) is 6.01. The summed E-state index contributed by atoms with van der Waals surface area (Å²) in [6, 6.07) is 0. The van der Waals surface area contributed by atoms with Gasteiger partial charge in [-0.1, -0.05) is 11.6 Å². The van der Waals surface area contributed by atoms with Crippen molar-refractivity contribution >= 4 is 34.4 Å². The Hall–Kier alpha value is -0.605. The maximum Gasteiger partial charge on any atom is 0.499 e. The molecule has 1 aromatic heterocycles. The van der Waals surface area contributed by atoms with E-state index >= 15 is 0 Å². The normalized spacial score (nSPS) is 21.2. The van der Waals surface area contributed by atoms with Gasteiger partial charge >= 0.3 is 17.3 Å². The summed E-state index contributed by atoms with van der Waals surface area (Å²) in [5.74, 6) is 0. The average Bonchev–Trinajstić information content (AvgIpc) is 2.77. The van der Waals surface area contributed by atoms with Gasteiger partial charge in [-0.25, -0.2) is 0 Å². The van der Waals surface area contributed by atoms with Crippen molar-refractivity contribution in [3.63, 3.8) is 0 Å². The maximum absolute atomic E-state index is 12.1. The van der Waals surface area contributed by atoms with Crippen LogP contribution in [0, 0.1) is 0 Å². The van der Waals surface area contributed by atoms with E-state index in [0.717, 1.165) is 8.39 Å². The topological polar surface area (TPSA) is 73.7 Å². The van der Waals surface area contributed by atoms with Crippen LogP contribution in [0.2, 0.25) is 5.15 Å². The van der Waals surface area contributed by atoms with E-state index in [1.807, 2.05) is 27.7 Å². The van der Waals surface area contributed by atoms with Crippen molar-refractivity contribution in [3.05, 3.63) is 11.3 Å². The van der Waals surface area contributed by atoms with Crippen LogP contribution in [0.3, 0.4) is 0 Å². The third kappa shape index (κ3) is 2.61. The van der Waals surface area contributed by atoms with Crippen molar-refractivity contribution in [2.75, 3.05) is 14.1 Å². The van der Waals surface area contributed by atoms with E-state index in [0.29, 0.717) is 5.46 Å². The minimum atomic E-state index is -3.78. The molecule has 0 radical (unpaired) electrons. The molecule has 10 heteroatoms. The van der Waals surface area contributed by atoms with Crippen molar-refractivity contribution in [2.24, 2.45) is 0 Å². The molecule has 21 heavy (non-hydrogen) atoms. The molecule has 1 saturated heterocycles. The molecule has 0 bridgehead atoms. The lowest BCUT2D eigenvalue weighted by molar-refractivity contribution is 0.00578. The molecule has 0 aromatic carbocycles. The van der Waals surface area contributed by atoms with Gasteiger partial charge in [-0.2, -0.15) is 17.8 Å². The standard InChI is InChI=1S/C11H19BClN3O4S/c1-10(2)11(3,4)20-12(19-10)8-7-14-16(9(8)13)21(17,18)15(5)6/h7H,1-6H3. The summed E-state index contributed by atoms with van der Waals surface area (Å²) >= 11 is 6.15. The molecule has 1 aromatic rings. The Balaban J connectivity index is 2.40. The lowest BCUT2D eigenvalue weighted by atomic mass is 9.82. The lowest BCUT2D eigenvalue weighted by Crippen LogP contribution is -2.41. The molecule has 0 unspecified atom stereocenters. The summed E-state index contributed by atoms with van der Waals surface area (Å²) in [6.45, 7) is 7.62. The highest BCUT2D eigenvalue weighted by Gasteiger charge is 2.53. The van der Waals surface area contributed by atoms with E-state index < -0.39 is 28.5 Å². The summed E-state index contributed by atoms with van der Waals surface area (Å²) in [5.41, 5.74) is -0.687. The zero-order valence-corrected chi connectivity index (χ0v) is 14.5. The molecule has 1 aliphatic heterocycles. The zero-order chi connectivity index (χ0) is 16.2. The van der Waals surface area contributed by atoms with Gasteiger partial charge in [-0.05, 0) is 27.7 Å². The van der Waals surface area contributed by atoms with Crippen LogP contribution in [0.5, 0.6) is 0 Å². The Morgan fingerprint density at radius 3 is 2.14 bits per heavy atom. The largest absolute Gasteiger partial charge is 0.499 e. The van der Waals surface area contributed by atoms with Crippen LogP contribution in [0.4, 0.5) is 0 Å². The smallest absolute Gasteiger partial charge is 0.399 e. The first-order valence-electron chi connectivity index (χ1n) is 6.42. The molecule has 0 N–H and O–H groups in total. The lowest BCUT2D eigenvalue weighted by Gasteiger charge is -2.32. The molecular weight excluding hydrogens is 316 g/mol. The highest BCUT2D eigenvalue weighted by molar-refractivity contribution is 7.87. The Morgan fingerprint density at radius 1 is 1.24 bits per heavy atom. The van der Waals surface area contributed by atoms with E-state index in [9.17, 15) is 8.42 Å². The van der Waals surface area contributed by atoms with Crippen LogP contribution in [-0.2, 0) is 19.5 Å². The molecule has 0 saturated carbocycles. The molecule has 7 nitrogen and oxygen atoms in total. The van der Waals surface area contributed by atoms with Crippen LogP contribution in [0.15, 0.2) is 6.20 Å². The van der Waals surface area contributed by atoms with Crippen LogP contribution >= 0.6 is 11.6 Å². The van der Waals surface area contributed by atoms with E-state index in [2.05, 4.69) is 5.10 Å². The molecule has 0 amide bonds. The van der Waals surface area contributed by atoms with E-state index in [1.165, 1.54) is 20.3 Å². The monoisotopic (exact) mass is 335 g/mol. The fourth-order valence-electron chi connectivity index (χ4n) is 1.77. The summed E-state index contributed by atoms with van der Waals surface area (Å²) < 4.78 is 37.7. The van der Waals surface area contributed by atoms with Gasteiger partial charge in [0, 0.05) is 19.6 Å². The fourth-order valence-corrected chi connectivity index (χ4v) is 3.00. The highest BCUT2D eigenvalue weighted by atomic mass is 35.5. The Labute approximate surface area is 130 Å². The second kappa shape index (κ2) is 4.95. The quantitative estimate of drug-likeness (QED) is 0.752. The van der Waals surface area contributed by atoms with Gasteiger partial charge < -0.3 is 9.31 Å². The fraction of sp³-hybridized carbons (Fsp3) is 0.727. The first-order chi connectivity index (χ1) is 9.40. The molecule has 0 aliphatic carbocycles. The predicted molar refractivity (Wildman–Crippen MR) is 81.0 cm³/mol. The number of rotatable bonds is 3. The van der Waals surface area contributed by atoms with Crippen molar-refractivity contribution in [1.29, 1.82) is 0 Å². The van der Waals surface area contributed by atoms with Crippen molar-refractivity contribution < 1.29 is 17.7 Å².